The van der Waals surface area contributed by atoms with E-state index in [1.165, 1.54) is 11.1 Å². The number of furan rings is 1. The Bertz CT molecular complexity index is 1640. The highest BCUT2D eigenvalue weighted by Crippen LogP contribution is 2.28. The van der Waals surface area contributed by atoms with Crippen LogP contribution in [0.1, 0.15) is 64.7 Å². The number of halogens is 1. The number of rotatable bonds is 12. The molecule has 7 nitrogen and oxygen atoms in total. The molecule has 5 rings (SSSR count). The fourth-order valence-corrected chi connectivity index (χ4v) is 6.23. The molecule has 2 heterocycles. The number of hydrogen-bond acceptors (Lipinski definition) is 6. The zero-order valence-electron chi connectivity index (χ0n) is 27.2. The van der Waals surface area contributed by atoms with Gasteiger partial charge in [0.2, 0.25) is 0 Å². The number of carbonyl (C=O) groups excluding carboxylic acids is 1. The maximum atomic E-state index is 13.7. The molecule has 3 aromatic carbocycles. The van der Waals surface area contributed by atoms with E-state index in [9.17, 15) is 10.1 Å². The smallest absolute Gasteiger partial charge is 0.253 e. The first-order valence-corrected chi connectivity index (χ1v) is 16.5. The van der Waals surface area contributed by atoms with Crippen molar-refractivity contribution in [2.75, 3.05) is 33.2 Å². The van der Waals surface area contributed by atoms with Gasteiger partial charge in [0.1, 0.15) is 11.5 Å². The lowest BCUT2D eigenvalue weighted by Crippen LogP contribution is -2.51. The molecule has 2 N–H and O–H groups in total. The van der Waals surface area contributed by atoms with Crippen molar-refractivity contribution in [3.63, 3.8) is 0 Å². The minimum atomic E-state index is -0.211. The molecule has 0 radical (unpaired) electrons. The molecule has 1 aliphatic rings. The summed E-state index contributed by atoms with van der Waals surface area (Å²) >= 11 is 6.60. The van der Waals surface area contributed by atoms with Gasteiger partial charge in [0, 0.05) is 49.9 Å². The molecule has 46 heavy (non-hydrogen) atoms. The molecular formula is C38H44ClN5O2. The van der Waals surface area contributed by atoms with E-state index in [0.717, 1.165) is 49.5 Å². The van der Waals surface area contributed by atoms with Crippen LogP contribution in [0, 0.1) is 18.3 Å². The van der Waals surface area contributed by atoms with Crippen LogP contribution in [0.25, 0.3) is 11.3 Å². The van der Waals surface area contributed by atoms with Gasteiger partial charge in [-0.15, -0.1) is 0 Å². The van der Waals surface area contributed by atoms with Crippen molar-refractivity contribution in [1.82, 2.24) is 20.4 Å². The summed E-state index contributed by atoms with van der Waals surface area (Å²) in [5.41, 5.74) is 5.37. The molecule has 0 spiro atoms. The van der Waals surface area contributed by atoms with E-state index in [-0.39, 0.29) is 18.0 Å². The van der Waals surface area contributed by atoms with E-state index >= 15 is 0 Å². The van der Waals surface area contributed by atoms with Crippen molar-refractivity contribution in [1.29, 1.82) is 5.26 Å². The largest absolute Gasteiger partial charge is 0.460 e. The first-order valence-electron chi connectivity index (χ1n) is 16.1. The summed E-state index contributed by atoms with van der Waals surface area (Å²) < 4.78 is 6.18. The van der Waals surface area contributed by atoms with E-state index in [2.05, 4.69) is 78.6 Å². The predicted octanol–water partition coefficient (Wildman–Crippen LogP) is 7.00. The highest BCUT2D eigenvalue weighted by atomic mass is 35.5. The molecule has 240 valence electrons. The van der Waals surface area contributed by atoms with Gasteiger partial charge in [-0.05, 0) is 94.3 Å². The maximum Gasteiger partial charge on any atom is 0.253 e. The Kier molecular flexibility index (Phi) is 11.3. The van der Waals surface area contributed by atoms with E-state index < -0.39 is 0 Å². The summed E-state index contributed by atoms with van der Waals surface area (Å²) in [5.74, 6) is 1.29. The summed E-state index contributed by atoms with van der Waals surface area (Å²) in [6.07, 6.45) is 1.46. The molecule has 2 unspecified atom stereocenters. The molecule has 4 aromatic rings. The van der Waals surface area contributed by atoms with Crippen LogP contribution in [-0.4, -0.2) is 61.0 Å². The van der Waals surface area contributed by atoms with E-state index in [4.69, 9.17) is 16.0 Å². The molecule has 1 fully saturated rings. The quantitative estimate of drug-likeness (QED) is 0.174. The molecule has 0 saturated carbocycles. The van der Waals surface area contributed by atoms with Gasteiger partial charge in [-0.2, -0.15) is 5.26 Å². The summed E-state index contributed by atoms with van der Waals surface area (Å²) in [5, 5.41) is 16.4. The van der Waals surface area contributed by atoms with Crippen LogP contribution in [-0.2, 0) is 13.0 Å². The third-order valence-electron chi connectivity index (χ3n) is 8.95. The fourth-order valence-electron chi connectivity index (χ4n) is 6.03. The molecule has 0 aliphatic carbocycles. The molecule has 0 bridgehead atoms. The Balaban J connectivity index is 1.26. The molecule has 1 aromatic heterocycles. The van der Waals surface area contributed by atoms with Crippen molar-refractivity contribution in [3.05, 3.63) is 117 Å². The summed E-state index contributed by atoms with van der Waals surface area (Å²) in [7, 11) is 2.16. The second-order valence-corrected chi connectivity index (χ2v) is 13.0. The van der Waals surface area contributed by atoms with Crippen LogP contribution in [0.4, 0.5) is 0 Å². The van der Waals surface area contributed by atoms with Crippen molar-refractivity contribution in [3.8, 4) is 17.4 Å². The van der Waals surface area contributed by atoms with Gasteiger partial charge in [-0.3, -0.25) is 9.69 Å². The molecule has 1 saturated heterocycles. The lowest BCUT2D eigenvalue weighted by Gasteiger charge is -2.38. The van der Waals surface area contributed by atoms with Crippen LogP contribution >= 0.6 is 11.6 Å². The third kappa shape index (κ3) is 8.86. The lowest BCUT2D eigenvalue weighted by atomic mass is 10.0. The van der Waals surface area contributed by atoms with Crippen LogP contribution in [0.15, 0.2) is 83.3 Å². The van der Waals surface area contributed by atoms with Crippen molar-refractivity contribution >= 4 is 17.5 Å². The molecular weight excluding hydrogens is 594 g/mol. The van der Waals surface area contributed by atoms with Crippen molar-refractivity contribution in [2.24, 2.45) is 0 Å². The van der Waals surface area contributed by atoms with E-state index in [1.54, 1.807) is 6.07 Å². The first kappa shape index (κ1) is 33.4. The second kappa shape index (κ2) is 15.6. The average Bonchev–Trinajstić information content (AvgIpc) is 3.53. The number of carbonyl (C=O) groups is 1. The van der Waals surface area contributed by atoms with Gasteiger partial charge in [0.25, 0.3) is 5.91 Å². The van der Waals surface area contributed by atoms with E-state index in [0.29, 0.717) is 40.9 Å². The van der Waals surface area contributed by atoms with Gasteiger partial charge < -0.3 is 20.0 Å². The second-order valence-electron chi connectivity index (χ2n) is 12.6. The summed E-state index contributed by atoms with van der Waals surface area (Å²) in [6, 6.07) is 28.2. The minimum Gasteiger partial charge on any atom is -0.460 e. The summed E-state index contributed by atoms with van der Waals surface area (Å²) in [4.78, 5) is 18.6. The maximum absolute atomic E-state index is 13.7. The zero-order valence-corrected chi connectivity index (χ0v) is 28.0. The Hall–Kier alpha value is -3.93. The number of piperazine rings is 1. The molecule has 8 heteroatoms. The third-order valence-corrected chi connectivity index (χ3v) is 9.28. The molecule has 3 atom stereocenters. The monoisotopic (exact) mass is 637 g/mol. The average molecular weight is 638 g/mol. The van der Waals surface area contributed by atoms with E-state index in [1.807, 2.05) is 48.5 Å². The van der Waals surface area contributed by atoms with Crippen molar-refractivity contribution in [2.45, 2.75) is 58.3 Å². The number of amides is 1. The number of aryl methyl sites for hydroxylation is 1. The number of hydrogen-bond donors (Lipinski definition) is 2. The molecule has 1 aliphatic heterocycles. The lowest BCUT2D eigenvalue weighted by molar-refractivity contribution is 0.0882. The van der Waals surface area contributed by atoms with Crippen LogP contribution in [0.2, 0.25) is 5.02 Å². The SMILES string of the molecule is Cc1ccc(C(C)NCc2ccc(-c3ccc(Cl)c(C(=O)NC(CCN4CCN(C)C[C@H]4C)Cc4ccc(C#N)cc4)c3)o2)cc1. The topological polar surface area (TPSA) is 84.5 Å². The standard InChI is InChI=1S/C38H44ClN5O2/c1-26-5-11-31(12-6-26)28(3)41-24-34-14-16-37(46-34)32-13-15-36(39)35(22-32)38(45)42-33(21-29-7-9-30(23-40)10-8-29)17-18-44-20-19-43(4)25-27(44)2/h5-16,22,27-28,33,41H,17-21,24-25H2,1-4H3,(H,42,45)/t27-,28?,33?/m1/s1. The predicted molar refractivity (Wildman–Crippen MR) is 185 cm³/mol. The Morgan fingerprint density at radius 2 is 1.83 bits per heavy atom. The highest BCUT2D eigenvalue weighted by Gasteiger charge is 2.24. The van der Waals surface area contributed by atoms with Gasteiger partial charge in [-0.25, -0.2) is 0 Å². The molecule has 1 amide bonds. The Morgan fingerprint density at radius 3 is 2.54 bits per heavy atom. The van der Waals surface area contributed by atoms with Gasteiger partial charge >= 0.3 is 0 Å². The highest BCUT2D eigenvalue weighted by molar-refractivity contribution is 6.34. The number of benzene rings is 3. The Morgan fingerprint density at radius 1 is 1.07 bits per heavy atom. The minimum absolute atomic E-state index is 0.108. The van der Waals surface area contributed by atoms with Crippen LogP contribution < -0.4 is 10.6 Å². The number of likely N-dealkylation sites (N-methyl/N-ethyl adjacent to an activating group) is 1. The fraction of sp³-hybridized carbons (Fsp3) is 0.368. The van der Waals surface area contributed by atoms with Gasteiger partial charge in [0.05, 0.1) is 28.8 Å². The summed E-state index contributed by atoms with van der Waals surface area (Å²) in [6.45, 7) is 11.0. The van der Waals surface area contributed by atoms with Crippen LogP contribution in [0.3, 0.4) is 0 Å². The first-order chi connectivity index (χ1) is 22.2. The normalized spacial score (nSPS) is 16.9. The van der Waals surface area contributed by atoms with Gasteiger partial charge in [0.15, 0.2) is 0 Å². The van der Waals surface area contributed by atoms with Crippen molar-refractivity contribution < 1.29 is 9.21 Å². The number of nitrogens with one attached hydrogen (secondary N) is 2. The van der Waals surface area contributed by atoms with Gasteiger partial charge in [-0.1, -0.05) is 53.6 Å². The number of nitriles is 1. The van der Waals surface area contributed by atoms with Crippen LogP contribution in [0.5, 0.6) is 0 Å². The number of nitrogens with zero attached hydrogens (tertiary/aromatic N) is 3. The zero-order chi connectivity index (χ0) is 32.6. The Labute approximate surface area is 278 Å².